The van der Waals surface area contributed by atoms with E-state index in [2.05, 4.69) is 29.6 Å². The van der Waals surface area contributed by atoms with Gasteiger partial charge in [-0.15, -0.1) is 0 Å². The van der Waals surface area contributed by atoms with Gasteiger partial charge in [0, 0.05) is 19.2 Å². The Morgan fingerprint density at radius 3 is 2.95 bits per heavy atom. The standard InChI is InChI=1S/C18H26N2O2/c21-13-11-15-8-3-4-12-20(15)18(22)19-17-10-5-7-14-6-1-2-9-16(14)17/h1-2,6,9,15,17,21H,3-5,7-8,10-13H2,(H,19,22). The highest BCUT2D eigenvalue weighted by Gasteiger charge is 2.29. The lowest BCUT2D eigenvalue weighted by Gasteiger charge is -2.37. The number of piperidine rings is 1. The number of aryl methyl sites for hydroxylation is 1. The summed E-state index contributed by atoms with van der Waals surface area (Å²) in [4.78, 5) is 14.6. The highest BCUT2D eigenvalue weighted by molar-refractivity contribution is 5.75. The maximum Gasteiger partial charge on any atom is 0.318 e. The van der Waals surface area contributed by atoms with Crippen molar-refractivity contribution in [3.63, 3.8) is 0 Å². The molecule has 1 saturated heterocycles. The van der Waals surface area contributed by atoms with Gasteiger partial charge in [-0.1, -0.05) is 24.3 Å². The third-order valence-electron chi connectivity index (χ3n) is 5.02. The van der Waals surface area contributed by atoms with Gasteiger partial charge in [0.1, 0.15) is 0 Å². The Balaban J connectivity index is 1.69. The Morgan fingerprint density at radius 1 is 1.23 bits per heavy atom. The molecule has 1 aromatic carbocycles. The van der Waals surface area contributed by atoms with E-state index in [1.54, 1.807) is 0 Å². The highest BCUT2D eigenvalue weighted by atomic mass is 16.3. The van der Waals surface area contributed by atoms with E-state index in [0.717, 1.165) is 45.1 Å². The molecule has 2 N–H and O–H groups in total. The molecule has 4 nitrogen and oxygen atoms in total. The number of benzene rings is 1. The van der Waals surface area contributed by atoms with Gasteiger partial charge < -0.3 is 15.3 Å². The first kappa shape index (κ1) is 15.3. The summed E-state index contributed by atoms with van der Waals surface area (Å²) in [7, 11) is 0. The molecule has 1 aliphatic heterocycles. The lowest BCUT2D eigenvalue weighted by atomic mass is 9.88. The molecule has 0 saturated carbocycles. The van der Waals surface area contributed by atoms with Crippen molar-refractivity contribution < 1.29 is 9.90 Å². The molecule has 120 valence electrons. The van der Waals surface area contributed by atoms with Crippen molar-refractivity contribution in [3.05, 3.63) is 35.4 Å². The van der Waals surface area contributed by atoms with Crippen LogP contribution in [-0.4, -0.2) is 35.2 Å². The van der Waals surface area contributed by atoms with Crippen molar-refractivity contribution in [2.75, 3.05) is 13.2 Å². The number of hydrogen-bond acceptors (Lipinski definition) is 2. The summed E-state index contributed by atoms with van der Waals surface area (Å²) < 4.78 is 0. The van der Waals surface area contributed by atoms with Crippen molar-refractivity contribution in [1.82, 2.24) is 10.2 Å². The molecule has 0 bridgehead atoms. The lowest BCUT2D eigenvalue weighted by molar-refractivity contribution is 0.129. The lowest BCUT2D eigenvalue weighted by Crippen LogP contribution is -2.50. The molecule has 1 fully saturated rings. The minimum atomic E-state index is 0.0415. The predicted octanol–water partition coefficient (Wildman–Crippen LogP) is 3.01. The van der Waals surface area contributed by atoms with E-state index in [1.165, 1.54) is 11.1 Å². The van der Waals surface area contributed by atoms with Crippen LogP contribution in [0.1, 0.15) is 55.7 Å². The maximum absolute atomic E-state index is 12.7. The Labute approximate surface area is 132 Å². The summed E-state index contributed by atoms with van der Waals surface area (Å²) in [5.41, 5.74) is 2.64. The van der Waals surface area contributed by atoms with Gasteiger partial charge in [-0.25, -0.2) is 4.79 Å². The molecule has 0 aromatic heterocycles. The number of carbonyl (C=O) groups is 1. The summed E-state index contributed by atoms with van der Waals surface area (Å²) in [6.07, 6.45) is 7.17. The number of aliphatic hydroxyl groups excluding tert-OH is 1. The fraction of sp³-hybridized carbons (Fsp3) is 0.611. The van der Waals surface area contributed by atoms with Gasteiger partial charge in [0.05, 0.1) is 6.04 Å². The van der Waals surface area contributed by atoms with Gasteiger partial charge in [-0.3, -0.25) is 0 Å². The normalized spacial score (nSPS) is 24.7. The third kappa shape index (κ3) is 3.27. The Bertz CT molecular complexity index is 516. The summed E-state index contributed by atoms with van der Waals surface area (Å²) >= 11 is 0. The molecule has 0 radical (unpaired) electrons. The third-order valence-corrected chi connectivity index (χ3v) is 5.02. The number of nitrogens with zero attached hydrogens (tertiary/aromatic N) is 1. The van der Waals surface area contributed by atoms with Gasteiger partial charge in [0.2, 0.25) is 0 Å². The number of rotatable bonds is 3. The summed E-state index contributed by atoms with van der Waals surface area (Å²) in [5.74, 6) is 0. The molecule has 2 atom stereocenters. The number of fused-ring (bicyclic) bond motifs is 1. The van der Waals surface area contributed by atoms with Gasteiger partial charge in [0.15, 0.2) is 0 Å². The second kappa shape index (κ2) is 7.14. The van der Waals surface area contributed by atoms with E-state index in [-0.39, 0.29) is 24.7 Å². The topological polar surface area (TPSA) is 52.6 Å². The van der Waals surface area contributed by atoms with Crippen LogP contribution in [0.25, 0.3) is 0 Å². The van der Waals surface area contributed by atoms with Gasteiger partial charge in [-0.2, -0.15) is 0 Å². The van der Waals surface area contributed by atoms with E-state index >= 15 is 0 Å². The van der Waals surface area contributed by atoms with Crippen LogP contribution in [0.5, 0.6) is 0 Å². The summed E-state index contributed by atoms with van der Waals surface area (Å²) in [6, 6.07) is 8.81. The first-order chi connectivity index (χ1) is 10.8. The average Bonchev–Trinajstić information content (AvgIpc) is 2.56. The minimum absolute atomic E-state index is 0.0415. The largest absolute Gasteiger partial charge is 0.396 e. The van der Waals surface area contributed by atoms with Gasteiger partial charge >= 0.3 is 6.03 Å². The number of likely N-dealkylation sites (tertiary alicyclic amines) is 1. The number of nitrogens with one attached hydrogen (secondary N) is 1. The highest BCUT2D eigenvalue weighted by Crippen LogP contribution is 2.30. The maximum atomic E-state index is 12.7. The van der Waals surface area contributed by atoms with E-state index in [1.807, 2.05) is 4.90 Å². The predicted molar refractivity (Wildman–Crippen MR) is 86.7 cm³/mol. The van der Waals surface area contributed by atoms with E-state index in [9.17, 15) is 9.90 Å². The monoisotopic (exact) mass is 302 g/mol. The van der Waals surface area contributed by atoms with Crippen LogP contribution in [0, 0.1) is 0 Å². The molecule has 1 aromatic rings. The molecule has 1 heterocycles. The fourth-order valence-corrected chi connectivity index (χ4v) is 3.85. The van der Waals surface area contributed by atoms with E-state index in [0.29, 0.717) is 6.42 Å². The zero-order valence-corrected chi connectivity index (χ0v) is 13.1. The Hall–Kier alpha value is -1.55. The summed E-state index contributed by atoms with van der Waals surface area (Å²) in [6.45, 7) is 0.964. The second-order valence-electron chi connectivity index (χ2n) is 6.45. The molecule has 2 amide bonds. The van der Waals surface area contributed by atoms with Crippen LogP contribution < -0.4 is 5.32 Å². The zero-order valence-electron chi connectivity index (χ0n) is 13.1. The average molecular weight is 302 g/mol. The first-order valence-corrected chi connectivity index (χ1v) is 8.55. The SMILES string of the molecule is O=C(NC1CCCc2ccccc21)N1CCCCC1CCO. The summed E-state index contributed by atoms with van der Waals surface area (Å²) in [5, 5.41) is 12.4. The van der Waals surface area contributed by atoms with Crippen LogP contribution in [0.3, 0.4) is 0 Å². The molecule has 22 heavy (non-hydrogen) atoms. The van der Waals surface area contributed by atoms with Crippen molar-refractivity contribution in [2.45, 2.75) is 57.0 Å². The second-order valence-corrected chi connectivity index (χ2v) is 6.45. The van der Waals surface area contributed by atoms with Crippen molar-refractivity contribution in [2.24, 2.45) is 0 Å². The Morgan fingerprint density at radius 2 is 2.09 bits per heavy atom. The van der Waals surface area contributed by atoms with Crippen LogP contribution in [0.2, 0.25) is 0 Å². The van der Waals surface area contributed by atoms with Crippen molar-refractivity contribution >= 4 is 6.03 Å². The van der Waals surface area contributed by atoms with Crippen LogP contribution in [0.4, 0.5) is 4.79 Å². The molecular weight excluding hydrogens is 276 g/mol. The zero-order chi connectivity index (χ0) is 15.4. The molecule has 0 spiro atoms. The number of urea groups is 1. The molecule has 4 heteroatoms. The molecule has 3 rings (SSSR count). The van der Waals surface area contributed by atoms with E-state index in [4.69, 9.17) is 0 Å². The molecular formula is C18H26N2O2. The van der Waals surface area contributed by atoms with Crippen LogP contribution in [-0.2, 0) is 6.42 Å². The first-order valence-electron chi connectivity index (χ1n) is 8.55. The number of aliphatic hydroxyl groups is 1. The van der Waals surface area contributed by atoms with Gasteiger partial charge in [-0.05, 0) is 56.1 Å². The number of amides is 2. The van der Waals surface area contributed by atoms with E-state index < -0.39 is 0 Å². The molecule has 2 aliphatic rings. The van der Waals surface area contributed by atoms with Crippen molar-refractivity contribution in [1.29, 1.82) is 0 Å². The van der Waals surface area contributed by atoms with Gasteiger partial charge in [0.25, 0.3) is 0 Å². The molecule has 1 aliphatic carbocycles. The number of carbonyl (C=O) groups excluding carboxylic acids is 1. The fourth-order valence-electron chi connectivity index (χ4n) is 3.85. The van der Waals surface area contributed by atoms with Crippen molar-refractivity contribution in [3.8, 4) is 0 Å². The Kier molecular flexibility index (Phi) is 4.98. The quantitative estimate of drug-likeness (QED) is 0.902. The number of hydrogen-bond donors (Lipinski definition) is 2. The molecule has 2 unspecified atom stereocenters. The smallest absolute Gasteiger partial charge is 0.318 e. The van der Waals surface area contributed by atoms with Crippen LogP contribution in [0.15, 0.2) is 24.3 Å². The minimum Gasteiger partial charge on any atom is -0.396 e. The van der Waals surface area contributed by atoms with Crippen LogP contribution >= 0.6 is 0 Å².